The normalized spacial score (nSPS) is 11.5. The van der Waals surface area contributed by atoms with Crippen LogP contribution in [0.3, 0.4) is 0 Å². The molecule has 0 atom stereocenters. The molecular weight excluding hydrogens is 639 g/mol. The van der Waals surface area contributed by atoms with Crippen LogP contribution in [0, 0.1) is 0 Å². The van der Waals surface area contributed by atoms with Gasteiger partial charge in [-0.15, -0.1) is 0 Å². The van der Waals surface area contributed by atoms with Gasteiger partial charge in [-0.2, -0.15) is 0 Å². The van der Waals surface area contributed by atoms with E-state index in [2.05, 4.69) is 95.6 Å². The van der Waals surface area contributed by atoms with Crippen LogP contribution in [-0.4, -0.2) is 24.5 Å². The van der Waals surface area contributed by atoms with E-state index in [-0.39, 0.29) is 0 Å². The number of aromatic nitrogens is 5. The highest BCUT2D eigenvalue weighted by Crippen LogP contribution is 2.39. The number of rotatable bonds is 6. The van der Waals surface area contributed by atoms with Crippen LogP contribution in [0.25, 0.3) is 95.3 Å². The van der Waals surface area contributed by atoms with Gasteiger partial charge in [0.1, 0.15) is 5.52 Å². The minimum absolute atomic E-state index is 0.599. The molecule has 0 N–H and O–H groups in total. The number of para-hydroxylation sites is 4. The minimum atomic E-state index is 0.599. The van der Waals surface area contributed by atoms with Gasteiger partial charge in [0.05, 0.1) is 16.6 Å². The van der Waals surface area contributed by atoms with Crippen LogP contribution in [0.4, 0.5) is 0 Å². The summed E-state index contributed by atoms with van der Waals surface area (Å²) in [6, 6.07) is 60.0. The SMILES string of the molecule is c1ccc(-c2nc(-c3ccccc3)nc(-c3cccc(-c4cccc(-n5c6ccccc6c6cccc(-c7nc8ccccc8o7)c65)c4)c3)n2)cc1. The zero-order valence-corrected chi connectivity index (χ0v) is 27.9. The average Bonchev–Trinajstić information content (AvgIpc) is 3.81. The summed E-state index contributed by atoms with van der Waals surface area (Å²) in [7, 11) is 0. The molecule has 0 spiro atoms. The molecule has 6 heteroatoms. The highest BCUT2D eigenvalue weighted by molar-refractivity contribution is 6.13. The third-order valence-electron chi connectivity index (χ3n) is 9.48. The lowest BCUT2D eigenvalue weighted by atomic mass is 10.0. The van der Waals surface area contributed by atoms with E-state index in [9.17, 15) is 0 Å². The molecule has 52 heavy (non-hydrogen) atoms. The van der Waals surface area contributed by atoms with Gasteiger partial charge in [0.15, 0.2) is 23.1 Å². The fourth-order valence-electron chi connectivity index (χ4n) is 7.05. The van der Waals surface area contributed by atoms with Crippen molar-refractivity contribution in [1.82, 2.24) is 24.5 Å². The molecule has 7 aromatic carbocycles. The minimum Gasteiger partial charge on any atom is -0.436 e. The molecule has 10 rings (SSSR count). The number of oxazole rings is 1. The molecule has 244 valence electrons. The maximum Gasteiger partial charge on any atom is 0.229 e. The monoisotopic (exact) mass is 667 g/mol. The first-order valence-corrected chi connectivity index (χ1v) is 17.2. The summed E-state index contributed by atoms with van der Waals surface area (Å²) >= 11 is 0. The van der Waals surface area contributed by atoms with E-state index >= 15 is 0 Å². The van der Waals surface area contributed by atoms with Gasteiger partial charge in [0.25, 0.3) is 0 Å². The van der Waals surface area contributed by atoms with Gasteiger partial charge in [-0.1, -0.05) is 133 Å². The van der Waals surface area contributed by atoms with Crippen molar-refractivity contribution in [1.29, 1.82) is 0 Å². The molecule has 0 unspecified atom stereocenters. The lowest BCUT2D eigenvalue weighted by Gasteiger charge is -2.13. The molecule has 3 heterocycles. The first-order valence-electron chi connectivity index (χ1n) is 17.2. The molecule has 0 saturated heterocycles. The van der Waals surface area contributed by atoms with Gasteiger partial charge in [0, 0.05) is 33.2 Å². The van der Waals surface area contributed by atoms with Crippen LogP contribution in [0.2, 0.25) is 0 Å². The molecule has 10 aromatic rings. The Bertz CT molecular complexity index is 2820. The van der Waals surface area contributed by atoms with E-state index < -0.39 is 0 Å². The Balaban J connectivity index is 1.12. The fourth-order valence-corrected chi connectivity index (χ4v) is 7.05. The number of benzene rings is 7. The third-order valence-corrected chi connectivity index (χ3v) is 9.48. The Morgan fingerprint density at radius 3 is 1.71 bits per heavy atom. The second kappa shape index (κ2) is 12.3. The van der Waals surface area contributed by atoms with Crippen molar-refractivity contribution in [3.05, 3.63) is 176 Å². The Morgan fingerprint density at radius 2 is 0.962 bits per heavy atom. The second-order valence-corrected chi connectivity index (χ2v) is 12.7. The molecule has 0 radical (unpaired) electrons. The van der Waals surface area contributed by atoms with Crippen molar-refractivity contribution in [2.24, 2.45) is 0 Å². The highest BCUT2D eigenvalue weighted by atomic mass is 16.3. The summed E-state index contributed by atoms with van der Waals surface area (Å²) in [4.78, 5) is 19.7. The Labute approximate surface area is 299 Å². The van der Waals surface area contributed by atoms with Crippen molar-refractivity contribution in [3.63, 3.8) is 0 Å². The summed E-state index contributed by atoms with van der Waals surface area (Å²) in [5.74, 6) is 2.49. The molecular formula is C46H29N5O. The van der Waals surface area contributed by atoms with Gasteiger partial charge < -0.3 is 8.98 Å². The molecule has 0 bridgehead atoms. The van der Waals surface area contributed by atoms with E-state index in [0.29, 0.717) is 23.4 Å². The van der Waals surface area contributed by atoms with Gasteiger partial charge in [-0.25, -0.2) is 19.9 Å². The number of hydrogen-bond donors (Lipinski definition) is 0. The fraction of sp³-hybridized carbons (Fsp3) is 0. The number of nitrogens with zero attached hydrogens (tertiary/aromatic N) is 5. The zero-order chi connectivity index (χ0) is 34.4. The van der Waals surface area contributed by atoms with Crippen LogP contribution >= 0.6 is 0 Å². The van der Waals surface area contributed by atoms with E-state index in [1.54, 1.807) is 0 Å². The standard InChI is InChI=1S/C46H29N5O/c1-3-14-30(15-4-1)43-48-44(31-16-5-2-6-17-31)50-45(49-43)34-20-11-18-32(28-34)33-19-12-21-35(29-33)51-40-26-9-7-22-36(40)37-23-13-24-38(42(37)51)46-47-39-25-8-10-27-41(39)52-46/h1-29H. The van der Waals surface area contributed by atoms with Gasteiger partial charge in [0.2, 0.25) is 5.89 Å². The van der Waals surface area contributed by atoms with Crippen molar-refractivity contribution < 1.29 is 4.42 Å². The molecule has 0 aliphatic carbocycles. The first-order chi connectivity index (χ1) is 25.8. The molecule has 0 saturated carbocycles. The zero-order valence-electron chi connectivity index (χ0n) is 27.9. The lowest BCUT2D eigenvalue weighted by Crippen LogP contribution is -2.00. The van der Waals surface area contributed by atoms with E-state index in [4.69, 9.17) is 24.4 Å². The summed E-state index contributed by atoms with van der Waals surface area (Å²) in [5, 5.41) is 2.31. The Morgan fingerprint density at radius 1 is 0.404 bits per heavy atom. The van der Waals surface area contributed by atoms with E-state index in [1.807, 2.05) is 84.9 Å². The van der Waals surface area contributed by atoms with Crippen LogP contribution in [0.5, 0.6) is 0 Å². The third kappa shape index (κ3) is 5.13. The van der Waals surface area contributed by atoms with Crippen molar-refractivity contribution in [3.8, 4) is 62.4 Å². The van der Waals surface area contributed by atoms with E-state index in [0.717, 1.165) is 66.6 Å². The van der Waals surface area contributed by atoms with Crippen molar-refractivity contribution in [2.75, 3.05) is 0 Å². The first kappa shape index (κ1) is 29.7. The molecule has 0 amide bonds. The van der Waals surface area contributed by atoms with Crippen molar-refractivity contribution >= 4 is 32.9 Å². The number of hydrogen-bond acceptors (Lipinski definition) is 5. The predicted octanol–water partition coefficient (Wildman–Crippen LogP) is 11.4. The molecule has 3 aromatic heterocycles. The quantitative estimate of drug-likeness (QED) is 0.176. The summed E-state index contributed by atoms with van der Waals surface area (Å²) < 4.78 is 8.66. The van der Waals surface area contributed by atoms with Gasteiger partial charge in [-0.3, -0.25) is 0 Å². The average molecular weight is 668 g/mol. The van der Waals surface area contributed by atoms with Gasteiger partial charge >= 0.3 is 0 Å². The van der Waals surface area contributed by atoms with Crippen LogP contribution in [0.15, 0.2) is 180 Å². The van der Waals surface area contributed by atoms with Crippen LogP contribution in [0.1, 0.15) is 0 Å². The molecule has 0 fully saturated rings. The van der Waals surface area contributed by atoms with Crippen LogP contribution < -0.4 is 0 Å². The van der Waals surface area contributed by atoms with E-state index in [1.165, 1.54) is 5.39 Å². The number of fused-ring (bicyclic) bond motifs is 4. The summed E-state index contributed by atoms with van der Waals surface area (Å²) in [6.07, 6.45) is 0. The topological polar surface area (TPSA) is 69.6 Å². The van der Waals surface area contributed by atoms with Crippen LogP contribution in [-0.2, 0) is 0 Å². The molecule has 0 aliphatic heterocycles. The maximum atomic E-state index is 6.33. The second-order valence-electron chi connectivity index (χ2n) is 12.7. The van der Waals surface area contributed by atoms with Gasteiger partial charge in [-0.05, 0) is 53.6 Å². The largest absolute Gasteiger partial charge is 0.436 e. The Kier molecular flexibility index (Phi) is 7.03. The smallest absolute Gasteiger partial charge is 0.229 e. The maximum absolute atomic E-state index is 6.33. The van der Waals surface area contributed by atoms with Crippen molar-refractivity contribution in [2.45, 2.75) is 0 Å². The molecule has 6 nitrogen and oxygen atoms in total. The highest BCUT2D eigenvalue weighted by Gasteiger charge is 2.20. The summed E-state index contributed by atoms with van der Waals surface area (Å²) in [5.41, 5.74) is 10.7. The molecule has 0 aliphatic rings. The Hall–Kier alpha value is -7.18. The predicted molar refractivity (Wildman–Crippen MR) is 209 cm³/mol. The summed E-state index contributed by atoms with van der Waals surface area (Å²) in [6.45, 7) is 0. The lowest BCUT2D eigenvalue weighted by molar-refractivity contribution is 0.620.